The molecule has 154 valence electrons. The summed E-state index contributed by atoms with van der Waals surface area (Å²) < 4.78 is 0. The zero-order chi connectivity index (χ0) is 20.7. The molecule has 3 aromatic rings. The Bertz CT molecular complexity index is 1070. The highest BCUT2D eigenvalue weighted by Gasteiger charge is 2.52. The lowest BCUT2D eigenvalue weighted by Gasteiger charge is -2.42. The Morgan fingerprint density at radius 1 is 1.00 bits per heavy atom. The third-order valence-corrected chi connectivity index (χ3v) is 8.20. The van der Waals surface area contributed by atoms with E-state index in [1.54, 1.807) is 6.20 Å². The SMILES string of the molecule is N[C@H]1c2ccccc2[C@H](c2cnc(Sc3ccnc(Cl)c3Cl)cn2)C12CCNCC2. The number of halogens is 2. The molecule has 2 aromatic heterocycles. The topological polar surface area (TPSA) is 76.7 Å². The van der Waals surface area contributed by atoms with Gasteiger partial charge in [0.2, 0.25) is 0 Å². The van der Waals surface area contributed by atoms with Crippen molar-refractivity contribution in [3.05, 3.63) is 75.9 Å². The third kappa shape index (κ3) is 3.31. The number of rotatable bonds is 3. The highest BCUT2D eigenvalue weighted by molar-refractivity contribution is 7.99. The molecule has 8 heteroatoms. The number of nitrogens with one attached hydrogen (secondary N) is 1. The van der Waals surface area contributed by atoms with Crippen molar-refractivity contribution >= 4 is 35.0 Å². The van der Waals surface area contributed by atoms with E-state index in [9.17, 15) is 0 Å². The molecule has 2 aliphatic rings. The maximum Gasteiger partial charge on any atom is 0.148 e. The molecule has 5 nitrogen and oxygen atoms in total. The molecule has 2 atom stereocenters. The van der Waals surface area contributed by atoms with Gasteiger partial charge < -0.3 is 11.1 Å². The highest BCUT2D eigenvalue weighted by Crippen LogP contribution is 2.59. The molecule has 1 spiro atoms. The van der Waals surface area contributed by atoms with Crippen molar-refractivity contribution in [2.24, 2.45) is 11.1 Å². The first-order chi connectivity index (χ1) is 14.6. The molecule has 30 heavy (non-hydrogen) atoms. The fraction of sp³-hybridized carbons (Fsp3) is 0.318. The number of nitrogens with zero attached hydrogens (tertiary/aromatic N) is 3. The minimum absolute atomic E-state index is 0.00872. The van der Waals surface area contributed by atoms with Crippen molar-refractivity contribution in [2.75, 3.05) is 13.1 Å². The van der Waals surface area contributed by atoms with Crippen LogP contribution in [0.1, 0.15) is 41.6 Å². The Kier molecular flexibility index (Phi) is 5.45. The van der Waals surface area contributed by atoms with Gasteiger partial charge in [-0.1, -0.05) is 59.2 Å². The number of hydrogen-bond acceptors (Lipinski definition) is 6. The molecule has 1 fully saturated rings. The number of benzene rings is 1. The predicted octanol–water partition coefficient (Wildman–Crippen LogP) is 4.84. The summed E-state index contributed by atoms with van der Waals surface area (Å²) in [5.74, 6) is 0.149. The van der Waals surface area contributed by atoms with Crippen LogP contribution in [0.15, 0.2) is 58.8 Å². The molecule has 0 radical (unpaired) electrons. The first-order valence-corrected chi connectivity index (χ1v) is 11.5. The van der Waals surface area contributed by atoms with Gasteiger partial charge in [0.25, 0.3) is 0 Å². The van der Waals surface area contributed by atoms with Crippen molar-refractivity contribution in [1.29, 1.82) is 0 Å². The summed E-state index contributed by atoms with van der Waals surface area (Å²) in [7, 11) is 0. The average Bonchev–Trinajstić information content (AvgIpc) is 3.01. The zero-order valence-electron chi connectivity index (χ0n) is 16.2. The quantitative estimate of drug-likeness (QED) is 0.547. The van der Waals surface area contributed by atoms with E-state index in [1.807, 2.05) is 18.5 Å². The van der Waals surface area contributed by atoms with Gasteiger partial charge in [-0.3, -0.25) is 4.98 Å². The Balaban J connectivity index is 1.50. The second kappa shape index (κ2) is 8.09. The van der Waals surface area contributed by atoms with Crippen LogP contribution in [0.3, 0.4) is 0 Å². The zero-order valence-corrected chi connectivity index (χ0v) is 18.5. The number of fused-ring (bicyclic) bond motifs is 1. The molecule has 1 saturated heterocycles. The van der Waals surface area contributed by atoms with E-state index in [2.05, 4.69) is 39.6 Å². The van der Waals surface area contributed by atoms with Gasteiger partial charge >= 0.3 is 0 Å². The first kappa shape index (κ1) is 20.2. The van der Waals surface area contributed by atoms with Gasteiger partial charge in [0.05, 0.1) is 23.1 Å². The van der Waals surface area contributed by atoms with Crippen molar-refractivity contribution < 1.29 is 0 Å². The van der Waals surface area contributed by atoms with Crippen LogP contribution in [0.25, 0.3) is 0 Å². The minimum atomic E-state index is -0.0276. The van der Waals surface area contributed by atoms with Crippen molar-refractivity contribution in [3.63, 3.8) is 0 Å². The second-order valence-corrected chi connectivity index (χ2v) is 9.62. The van der Waals surface area contributed by atoms with Gasteiger partial charge in [-0.05, 0) is 43.1 Å². The van der Waals surface area contributed by atoms with E-state index in [0.717, 1.165) is 41.5 Å². The molecule has 0 saturated carbocycles. The Morgan fingerprint density at radius 2 is 1.77 bits per heavy atom. The van der Waals surface area contributed by atoms with Crippen molar-refractivity contribution in [2.45, 2.75) is 34.7 Å². The molecular weight excluding hydrogens is 437 g/mol. The molecule has 0 bridgehead atoms. The van der Waals surface area contributed by atoms with Crippen molar-refractivity contribution in [3.8, 4) is 0 Å². The lowest BCUT2D eigenvalue weighted by molar-refractivity contribution is 0.149. The Morgan fingerprint density at radius 3 is 2.50 bits per heavy atom. The van der Waals surface area contributed by atoms with Gasteiger partial charge in [-0.25, -0.2) is 9.97 Å². The largest absolute Gasteiger partial charge is 0.323 e. The van der Waals surface area contributed by atoms with E-state index in [-0.39, 0.29) is 22.5 Å². The predicted molar refractivity (Wildman–Crippen MR) is 120 cm³/mol. The van der Waals surface area contributed by atoms with Crippen molar-refractivity contribution in [1.82, 2.24) is 20.3 Å². The second-order valence-electron chi connectivity index (χ2n) is 7.82. The molecule has 1 aliphatic heterocycles. The van der Waals surface area contributed by atoms with Crippen LogP contribution < -0.4 is 11.1 Å². The van der Waals surface area contributed by atoms with Crippen LogP contribution in [0, 0.1) is 5.41 Å². The minimum Gasteiger partial charge on any atom is -0.323 e. The number of pyridine rings is 1. The van der Waals surface area contributed by atoms with E-state index in [1.165, 1.54) is 22.9 Å². The van der Waals surface area contributed by atoms with Gasteiger partial charge in [-0.15, -0.1) is 0 Å². The highest BCUT2D eigenvalue weighted by atomic mass is 35.5. The van der Waals surface area contributed by atoms with E-state index in [4.69, 9.17) is 33.9 Å². The standard InChI is InChI=1S/C22H21Cl2N5S/c23-19-16(5-8-27-21(19)24)30-17-12-28-15(11-29-17)18-13-3-1-2-4-14(13)20(25)22(18)6-9-26-10-7-22/h1-5,8,11-12,18,20,26H,6-7,9-10,25H2/t18-,20+/m1/s1. The number of hydrogen-bond donors (Lipinski definition) is 2. The molecule has 0 amide bonds. The Hall–Kier alpha value is -1.70. The average molecular weight is 458 g/mol. The third-order valence-electron chi connectivity index (χ3n) is 6.34. The Labute approximate surface area is 189 Å². The van der Waals surface area contributed by atoms with Gasteiger partial charge in [-0.2, -0.15) is 0 Å². The normalized spacial score (nSPS) is 22.2. The fourth-order valence-corrected chi connectivity index (χ4v) is 6.12. The summed E-state index contributed by atoms with van der Waals surface area (Å²) in [6.07, 6.45) is 7.39. The monoisotopic (exact) mass is 457 g/mol. The summed E-state index contributed by atoms with van der Waals surface area (Å²) in [6.45, 7) is 1.95. The molecule has 1 aliphatic carbocycles. The summed E-state index contributed by atoms with van der Waals surface area (Å²) in [4.78, 5) is 14.3. The smallest absolute Gasteiger partial charge is 0.148 e. The summed E-state index contributed by atoms with van der Waals surface area (Å²) in [5, 5.41) is 4.96. The van der Waals surface area contributed by atoms with Crippen LogP contribution in [-0.2, 0) is 0 Å². The van der Waals surface area contributed by atoms with E-state index >= 15 is 0 Å². The lowest BCUT2D eigenvalue weighted by Crippen LogP contribution is -2.44. The van der Waals surface area contributed by atoms with Crippen LogP contribution >= 0.6 is 35.0 Å². The number of aromatic nitrogens is 3. The van der Waals surface area contributed by atoms with Gasteiger partial charge in [0.1, 0.15) is 10.2 Å². The van der Waals surface area contributed by atoms with Gasteiger partial charge in [0, 0.05) is 28.5 Å². The van der Waals surface area contributed by atoms with Gasteiger partial charge in [0.15, 0.2) is 0 Å². The summed E-state index contributed by atoms with van der Waals surface area (Å²) in [5.41, 5.74) is 10.3. The maximum atomic E-state index is 6.83. The molecule has 3 N–H and O–H groups in total. The van der Waals surface area contributed by atoms with E-state index in [0.29, 0.717) is 5.02 Å². The molecular formula is C22H21Cl2N5S. The molecule has 5 rings (SSSR count). The van der Waals surface area contributed by atoms with E-state index < -0.39 is 0 Å². The van der Waals surface area contributed by atoms with Crippen LogP contribution in [0.2, 0.25) is 10.2 Å². The molecule has 0 unspecified atom stereocenters. The molecule has 1 aromatic carbocycles. The summed E-state index contributed by atoms with van der Waals surface area (Å²) in [6, 6.07) is 10.4. The maximum absolute atomic E-state index is 6.83. The number of nitrogens with two attached hydrogens (primary N) is 1. The summed E-state index contributed by atoms with van der Waals surface area (Å²) >= 11 is 13.7. The van der Waals surface area contributed by atoms with Crippen LogP contribution in [0.4, 0.5) is 0 Å². The van der Waals surface area contributed by atoms with Crippen LogP contribution in [0.5, 0.6) is 0 Å². The fourth-order valence-electron chi connectivity index (χ4n) is 4.92. The van der Waals surface area contributed by atoms with Crippen LogP contribution in [-0.4, -0.2) is 28.0 Å². The first-order valence-electron chi connectivity index (χ1n) is 9.95. The molecule has 3 heterocycles. The number of piperidine rings is 1. The lowest BCUT2D eigenvalue weighted by atomic mass is 9.66.